The smallest absolute Gasteiger partial charge is 0.00206 e. The summed E-state index contributed by atoms with van der Waals surface area (Å²) in [5, 5.41) is 8.18. The molecule has 5 rings (SSSR count). The highest BCUT2D eigenvalue weighted by Crippen LogP contribution is 2.40. The molecular formula is C27H24. The Morgan fingerprint density at radius 1 is 0.556 bits per heavy atom. The van der Waals surface area contributed by atoms with Crippen molar-refractivity contribution in [3.63, 3.8) is 0 Å². The van der Waals surface area contributed by atoms with Crippen molar-refractivity contribution in [2.45, 2.75) is 32.6 Å². The SMILES string of the molecule is CCCCCc1ccccc1-c1ccc2ccc3cccc4ccc1c2c34. The van der Waals surface area contributed by atoms with Gasteiger partial charge in [0.15, 0.2) is 0 Å². The Bertz CT molecular complexity index is 1210. The van der Waals surface area contributed by atoms with E-state index in [4.69, 9.17) is 0 Å². The number of rotatable bonds is 5. The van der Waals surface area contributed by atoms with Crippen molar-refractivity contribution in [3.8, 4) is 11.1 Å². The van der Waals surface area contributed by atoms with Gasteiger partial charge >= 0.3 is 0 Å². The lowest BCUT2D eigenvalue weighted by atomic mass is 9.88. The van der Waals surface area contributed by atoms with Crippen LogP contribution < -0.4 is 0 Å². The molecule has 0 aliphatic rings. The molecule has 0 aromatic heterocycles. The standard InChI is InChI=1S/C27H24/c1-2-3-4-8-19-9-5-6-12-23(19)24-17-15-22-14-13-20-10-7-11-21-16-18-25(24)27(22)26(20)21/h5-7,9-18H,2-4,8H2,1H3. The Balaban J connectivity index is 1.78. The minimum Gasteiger partial charge on any atom is -0.0654 e. The van der Waals surface area contributed by atoms with Crippen molar-refractivity contribution in [2.24, 2.45) is 0 Å². The highest BCUT2D eigenvalue weighted by molar-refractivity contribution is 6.25. The molecule has 0 saturated heterocycles. The molecule has 27 heavy (non-hydrogen) atoms. The predicted molar refractivity (Wildman–Crippen MR) is 119 cm³/mol. The number of unbranched alkanes of at least 4 members (excludes halogenated alkanes) is 2. The summed E-state index contributed by atoms with van der Waals surface area (Å²) in [6.45, 7) is 2.27. The van der Waals surface area contributed by atoms with Gasteiger partial charge in [0, 0.05) is 0 Å². The summed E-state index contributed by atoms with van der Waals surface area (Å²) < 4.78 is 0. The molecule has 0 aliphatic heterocycles. The van der Waals surface area contributed by atoms with E-state index in [2.05, 4.69) is 85.8 Å². The van der Waals surface area contributed by atoms with E-state index in [9.17, 15) is 0 Å². The van der Waals surface area contributed by atoms with Crippen LogP contribution in [0.1, 0.15) is 31.7 Å². The average Bonchev–Trinajstić information content (AvgIpc) is 2.73. The molecule has 0 fully saturated rings. The van der Waals surface area contributed by atoms with Crippen LogP contribution in [0.4, 0.5) is 0 Å². The van der Waals surface area contributed by atoms with Gasteiger partial charge in [0.1, 0.15) is 0 Å². The van der Waals surface area contributed by atoms with E-state index < -0.39 is 0 Å². The second-order valence-electron chi connectivity index (χ2n) is 7.58. The Kier molecular flexibility index (Phi) is 4.05. The predicted octanol–water partition coefficient (Wildman–Crippen LogP) is 7.98. The Labute approximate surface area is 160 Å². The zero-order valence-electron chi connectivity index (χ0n) is 15.8. The van der Waals surface area contributed by atoms with Crippen LogP contribution in [0.25, 0.3) is 43.4 Å². The van der Waals surface area contributed by atoms with Gasteiger partial charge < -0.3 is 0 Å². The summed E-state index contributed by atoms with van der Waals surface area (Å²) in [5.41, 5.74) is 4.24. The average molecular weight is 348 g/mol. The summed E-state index contributed by atoms with van der Waals surface area (Å²) in [7, 11) is 0. The van der Waals surface area contributed by atoms with Gasteiger partial charge in [0.05, 0.1) is 0 Å². The highest BCUT2D eigenvalue weighted by atomic mass is 14.2. The molecule has 0 atom stereocenters. The lowest BCUT2D eigenvalue weighted by Crippen LogP contribution is -1.92. The van der Waals surface area contributed by atoms with Crippen LogP contribution in [0.3, 0.4) is 0 Å². The topological polar surface area (TPSA) is 0 Å². The number of hydrogen-bond donors (Lipinski definition) is 0. The minimum absolute atomic E-state index is 1.16. The van der Waals surface area contributed by atoms with Gasteiger partial charge in [-0.05, 0) is 61.8 Å². The molecule has 0 heteroatoms. The molecule has 0 heterocycles. The third kappa shape index (κ3) is 2.68. The second kappa shape index (κ2) is 6.70. The first-order valence-electron chi connectivity index (χ1n) is 10.1. The van der Waals surface area contributed by atoms with E-state index in [1.807, 2.05) is 0 Å². The van der Waals surface area contributed by atoms with E-state index >= 15 is 0 Å². The first-order chi connectivity index (χ1) is 13.4. The maximum atomic E-state index is 2.32. The van der Waals surface area contributed by atoms with Gasteiger partial charge in [-0.1, -0.05) is 98.6 Å². The van der Waals surface area contributed by atoms with E-state index in [1.165, 1.54) is 68.3 Å². The molecule has 132 valence electrons. The normalized spacial score (nSPS) is 11.7. The van der Waals surface area contributed by atoms with Gasteiger partial charge in [-0.3, -0.25) is 0 Å². The summed E-state index contributed by atoms with van der Waals surface area (Å²) in [4.78, 5) is 0. The fourth-order valence-corrected chi connectivity index (χ4v) is 4.54. The molecule has 5 aromatic rings. The first-order valence-corrected chi connectivity index (χ1v) is 10.1. The van der Waals surface area contributed by atoms with Crippen LogP contribution in [0.15, 0.2) is 78.9 Å². The van der Waals surface area contributed by atoms with E-state index in [0.717, 1.165) is 6.42 Å². The molecule has 0 aliphatic carbocycles. The van der Waals surface area contributed by atoms with Gasteiger partial charge in [0.25, 0.3) is 0 Å². The molecule has 0 radical (unpaired) electrons. The van der Waals surface area contributed by atoms with Gasteiger partial charge in [-0.15, -0.1) is 0 Å². The summed E-state index contributed by atoms with van der Waals surface area (Å²) in [5.74, 6) is 0. The molecule has 0 saturated carbocycles. The van der Waals surface area contributed by atoms with Crippen molar-refractivity contribution in [2.75, 3.05) is 0 Å². The zero-order valence-corrected chi connectivity index (χ0v) is 15.8. The third-order valence-electron chi connectivity index (χ3n) is 5.89. The van der Waals surface area contributed by atoms with Crippen LogP contribution in [-0.2, 0) is 6.42 Å². The zero-order chi connectivity index (χ0) is 18.2. The third-order valence-corrected chi connectivity index (χ3v) is 5.89. The van der Waals surface area contributed by atoms with E-state index in [-0.39, 0.29) is 0 Å². The Morgan fingerprint density at radius 3 is 2.07 bits per heavy atom. The minimum atomic E-state index is 1.16. The van der Waals surface area contributed by atoms with Crippen LogP contribution in [0.5, 0.6) is 0 Å². The second-order valence-corrected chi connectivity index (χ2v) is 7.58. The Hall–Kier alpha value is -2.86. The summed E-state index contributed by atoms with van der Waals surface area (Å²) >= 11 is 0. The molecule has 0 bridgehead atoms. The van der Waals surface area contributed by atoms with Crippen LogP contribution >= 0.6 is 0 Å². The van der Waals surface area contributed by atoms with Crippen molar-refractivity contribution in [1.29, 1.82) is 0 Å². The van der Waals surface area contributed by atoms with Crippen molar-refractivity contribution >= 4 is 32.3 Å². The lowest BCUT2D eigenvalue weighted by Gasteiger charge is -2.16. The van der Waals surface area contributed by atoms with E-state index in [0.29, 0.717) is 0 Å². The monoisotopic (exact) mass is 348 g/mol. The quantitative estimate of drug-likeness (QED) is 0.223. The van der Waals surface area contributed by atoms with Crippen molar-refractivity contribution < 1.29 is 0 Å². The highest BCUT2D eigenvalue weighted by Gasteiger charge is 2.13. The lowest BCUT2D eigenvalue weighted by molar-refractivity contribution is 0.718. The maximum absolute atomic E-state index is 2.32. The summed E-state index contributed by atoms with van der Waals surface area (Å²) in [6.07, 6.45) is 4.99. The molecule has 0 nitrogen and oxygen atoms in total. The molecule has 0 unspecified atom stereocenters. The number of hydrogen-bond acceptors (Lipinski definition) is 0. The van der Waals surface area contributed by atoms with Crippen LogP contribution in [0, 0.1) is 0 Å². The fraction of sp³-hybridized carbons (Fsp3) is 0.185. The molecule has 0 N–H and O–H groups in total. The van der Waals surface area contributed by atoms with Gasteiger partial charge in [0.2, 0.25) is 0 Å². The van der Waals surface area contributed by atoms with Gasteiger partial charge in [-0.25, -0.2) is 0 Å². The maximum Gasteiger partial charge on any atom is -0.00206 e. The van der Waals surface area contributed by atoms with Gasteiger partial charge in [-0.2, -0.15) is 0 Å². The molecular weight excluding hydrogens is 324 g/mol. The van der Waals surface area contributed by atoms with Crippen LogP contribution in [0.2, 0.25) is 0 Å². The fourth-order valence-electron chi connectivity index (χ4n) is 4.54. The summed E-state index contributed by atoms with van der Waals surface area (Å²) in [6, 6.07) is 29.3. The molecule has 0 spiro atoms. The van der Waals surface area contributed by atoms with Crippen molar-refractivity contribution in [3.05, 3.63) is 84.4 Å². The number of aryl methyl sites for hydroxylation is 1. The molecule has 0 amide bonds. The van der Waals surface area contributed by atoms with E-state index in [1.54, 1.807) is 0 Å². The first kappa shape index (κ1) is 16.3. The number of benzene rings is 5. The van der Waals surface area contributed by atoms with Crippen LogP contribution in [-0.4, -0.2) is 0 Å². The van der Waals surface area contributed by atoms with Crippen molar-refractivity contribution in [1.82, 2.24) is 0 Å². The Morgan fingerprint density at radius 2 is 1.26 bits per heavy atom. The molecule has 5 aromatic carbocycles. The largest absolute Gasteiger partial charge is 0.0654 e.